The summed E-state index contributed by atoms with van der Waals surface area (Å²) in [4.78, 5) is 11.4. The van der Waals surface area contributed by atoms with Crippen molar-refractivity contribution in [2.75, 3.05) is 12.3 Å². The molecule has 3 N–H and O–H groups in total. The van der Waals surface area contributed by atoms with E-state index in [9.17, 15) is 9.18 Å². The van der Waals surface area contributed by atoms with E-state index in [2.05, 4.69) is 5.32 Å². The number of nitrogens with two attached hydrogens (primary N) is 1. The summed E-state index contributed by atoms with van der Waals surface area (Å²) < 4.78 is 13.3. The smallest absolute Gasteiger partial charge is 0.220 e. The van der Waals surface area contributed by atoms with Crippen LogP contribution in [0.4, 0.5) is 4.39 Å². The highest BCUT2D eigenvalue weighted by Crippen LogP contribution is 2.14. The number of hydrogen-bond acceptors (Lipinski definition) is 3. The van der Waals surface area contributed by atoms with Gasteiger partial charge in [-0.1, -0.05) is 18.2 Å². The minimum atomic E-state index is -0.170. The van der Waals surface area contributed by atoms with Crippen LogP contribution < -0.4 is 11.1 Å². The normalized spacial score (nSPS) is 12.2. The predicted molar refractivity (Wildman–Crippen MR) is 78.5 cm³/mol. The quantitative estimate of drug-likeness (QED) is 0.720. The van der Waals surface area contributed by atoms with Crippen molar-refractivity contribution in [3.8, 4) is 0 Å². The minimum absolute atomic E-state index is 0.0313. The lowest BCUT2D eigenvalue weighted by atomic mass is 10.2. The fourth-order valence-corrected chi connectivity index (χ4v) is 2.35. The summed E-state index contributed by atoms with van der Waals surface area (Å²) in [7, 11) is 0. The Hall–Kier alpha value is -1.07. The fourth-order valence-electron chi connectivity index (χ4n) is 1.51. The van der Waals surface area contributed by atoms with Crippen LogP contribution >= 0.6 is 11.8 Å². The average Bonchev–Trinajstić information content (AvgIpc) is 2.38. The molecule has 1 unspecified atom stereocenters. The Bertz CT molecular complexity index is 399. The molecule has 1 amide bonds. The van der Waals surface area contributed by atoms with Gasteiger partial charge < -0.3 is 11.1 Å². The Morgan fingerprint density at radius 1 is 1.47 bits per heavy atom. The molecule has 0 radical (unpaired) electrons. The van der Waals surface area contributed by atoms with Crippen molar-refractivity contribution in [2.45, 2.75) is 31.6 Å². The van der Waals surface area contributed by atoms with Crippen LogP contribution in [0.15, 0.2) is 24.3 Å². The predicted octanol–water partition coefficient (Wildman–Crippen LogP) is 2.30. The Balaban J connectivity index is 2.08. The van der Waals surface area contributed by atoms with E-state index in [-0.39, 0.29) is 17.8 Å². The van der Waals surface area contributed by atoms with E-state index < -0.39 is 0 Å². The van der Waals surface area contributed by atoms with Crippen LogP contribution in [0.1, 0.15) is 25.3 Å². The van der Waals surface area contributed by atoms with Crippen molar-refractivity contribution in [1.29, 1.82) is 0 Å². The summed E-state index contributed by atoms with van der Waals surface area (Å²) in [6.07, 6.45) is 1.17. The van der Waals surface area contributed by atoms with E-state index in [0.29, 0.717) is 30.7 Å². The molecule has 5 heteroatoms. The molecule has 0 aliphatic rings. The molecule has 0 aromatic heterocycles. The Labute approximate surface area is 118 Å². The van der Waals surface area contributed by atoms with E-state index in [1.54, 1.807) is 23.9 Å². The summed E-state index contributed by atoms with van der Waals surface area (Å²) in [6.45, 7) is 2.49. The molecule has 0 heterocycles. The summed E-state index contributed by atoms with van der Waals surface area (Å²) >= 11 is 1.61. The molecule has 1 atom stereocenters. The second-order valence-electron chi connectivity index (χ2n) is 4.51. The highest BCUT2D eigenvalue weighted by molar-refractivity contribution is 7.98. The molecule has 0 saturated heterocycles. The van der Waals surface area contributed by atoms with E-state index in [4.69, 9.17) is 5.73 Å². The van der Waals surface area contributed by atoms with Gasteiger partial charge in [0.2, 0.25) is 5.91 Å². The lowest BCUT2D eigenvalue weighted by Gasteiger charge is -2.07. The Morgan fingerprint density at radius 2 is 2.21 bits per heavy atom. The first kappa shape index (κ1) is 16.0. The molecule has 106 valence electrons. The molecule has 1 aromatic rings. The van der Waals surface area contributed by atoms with Crippen LogP contribution in [0, 0.1) is 5.82 Å². The molecule has 0 saturated carbocycles. The second-order valence-corrected chi connectivity index (χ2v) is 5.62. The molecular weight excluding hydrogens is 263 g/mol. The molecule has 0 bridgehead atoms. The first-order valence-electron chi connectivity index (χ1n) is 6.43. The number of halogens is 1. The highest BCUT2D eigenvalue weighted by Gasteiger charge is 2.03. The maximum Gasteiger partial charge on any atom is 0.220 e. The van der Waals surface area contributed by atoms with Crippen LogP contribution in [0.25, 0.3) is 0 Å². The summed E-state index contributed by atoms with van der Waals surface area (Å²) in [5, 5.41) is 2.83. The number of carbonyl (C=O) groups is 1. The van der Waals surface area contributed by atoms with Crippen molar-refractivity contribution in [1.82, 2.24) is 5.32 Å². The van der Waals surface area contributed by atoms with E-state index in [1.807, 2.05) is 13.0 Å². The van der Waals surface area contributed by atoms with Gasteiger partial charge in [-0.25, -0.2) is 4.39 Å². The molecule has 1 rings (SSSR count). The van der Waals surface area contributed by atoms with Crippen molar-refractivity contribution in [3.05, 3.63) is 35.6 Å². The zero-order valence-corrected chi connectivity index (χ0v) is 12.0. The van der Waals surface area contributed by atoms with Crippen molar-refractivity contribution in [3.63, 3.8) is 0 Å². The van der Waals surface area contributed by atoms with Crippen LogP contribution in [0.5, 0.6) is 0 Å². The van der Waals surface area contributed by atoms with Crippen molar-refractivity contribution >= 4 is 17.7 Å². The van der Waals surface area contributed by atoms with Gasteiger partial charge in [0.15, 0.2) is 0 Å². The number of rotatable bonds is 8. The summed E-state index contributed by atoms with van der Waals surface area (Å²) in [6, 6.07) is 6.81. The third-order valence-electron chi connectivity index (χ3n) is 2.61. The van der Waals surface area contributed by atoms with Gasteiger partial charge in [0.05, 0.1) is 0 Å². The second kappa shape index (κ2) is 8.93. The van der Waals surface area contributed by atoms with Gasteiger partial charge in [-0.15, -0.1) is 0 Å². The van der Waals surface area contributed by atoms with Gasteiger partial charge in [0, 0.05) is 30.5 Å². The Morgan fingerprint density at radius 3 is 2.89 bits per heavy atom. The number of amides is 1. The van der Waals surface area contributed by atoms with Gasteiger partial charge in [-0.2, -0.15) is 11.8 Å². The zero-order valence-electron chi connectivity index (χ0n) is 11.2. The van der Waals surface area contributed by atoms with E-state index in [0.717, 1.165) is 5.75 Å². The molecule has 0 aliphatic carbocycles. The standard InChI is InChI=1S/C14H21FN2OS/c1-11(16)6-7-14(18)17-8-9-19-10-12-4-2-3-5-13(12)15/h2-5,11H,6-10,16H2,1H3,(H,17,18). The monoisotopic (exact) mass is 284 g/mol. The third-order valence-corrected chi connectivity index (χ3v) is 3.62. The third kappa shape index (κ3) is 7.18. The largest absolute Gasteiger partial charge is 0.355 e. The van der Waals surface area contributed by atoms with E-state index in [1.165, 1.54) is 6.07 Å². The number of benzene rings is 1. The lowest BCUT2D eigenvalue weighted by molar-refractivity contribution is -0.121. The fraction of sp³-hybridized carbons (Fsp3) is 0.500. The maximum absolute atomic E-state index is 13.3. The van der Waals surface area contributed by atoms with Crippen molar-refractivity contribution in [2.24, 2.45) is 5.73 Å². The topological polar surface area (TPSA) is 55.1 Å². The number of thioether (sulfide) groups is 1. The van der Waals surface area contributed by atoms with Gasteiger partial charge in [-0.05, 0) is 25.0 Å². The Kier molecular flexibility index (Phi) is 7.52. The SMILES string of the molecule is CC(N)CCC(=O)NCCSCc1ccccc1F. The van der Waals surface area contributed by atoms with Gasteiger partial charge in [-0.3, -0.25) is 4.79 Å². The molecule has 0 spiro atoms. The first-order chi connectivity index (χ1) is 9.09. The minimum Gasteiger partial charge on any atom is -0.355 e. The first-order valence-corrected chi connectivity index (χ1v) is 7.58. The molecule has 0 aliphatic heterocycles. The summed E-state index contributed by atoms with van der Waals surface area (Å²) in [5.74, 6) is 1.26. The lowest BCUT2D eigenvalue weighted by Crippen LogP contribution is -2.27. The molecular formula is C14H21FN2OS. The molecule has 1 aromatic carbocycles. The maximum atomic E-state index is 13.3. The van der Waals surface area contributed by atoms with Gasteiger partial charge in [0.1, 0.15) is 5.82 Å². The summed E-state index contributed by atoms with van der Waals surface area (Å²) in [5.41, 5.74) is 6.28. The van der Waals surface area contributed by atoms with Crippen LogP contribution in [0.3, 0.4) is 0 Å². The van der Waals surface area contributed by atoms with Gasteiger partial charge >= 0.3 is 0 Å². The average molecular weight is 284 g/mol. The molecule has 3 nitrogen and oxygen atoms in total. The number of nitrogens with one attached hydrogen (secondary N) is 1. The molecule has 0 fully saturated rings. The van der Waals surface area contributed by atoms with Crippen LogP contribution in [-0.2, 0) is 10.5 Å². The number of hydrogen-bond donors (Lipinski definition) is 2. The molecule has 19 heavy (non-hydrogen) atoms. The van der Waals surface area contributed by atoms with Crippen LogP contribution in [-0.4, -0.2) is 24.2 Å². The number of carbonyl (C=O) groups excluding carboxylic acids is 1. The van der Waals surface area contributed by atoms with Gasteiger partial charge in [0.25, 0.3) is 0 Å². The zero-order chi connectivity index (χ0) is 14.1. The highest BCUT2D eigenvalue weighted by atomic mass is 32.2. The van der Waals surface area contributed by atoms with Crippen molar-refractivity contribution < 1.29 is 9.18 Å². The van der Waals surface area contributed by atoms with Crippen LogP contribution in [0.2, 0.25) is 0 Å². The van der Waals surface area contributed by atoms with E-state index >= 15 is 0 Å².